The van der Waals surface area contributed by atoms with Crippen molar-refractivity contribution in [3.8, 4) is 5.75 Å². The van der Waals surface area contributed by atoms with Crippen LogP contribution in [0.3, 0.4) is 0 Å². The number of carbonyl (C=O) groups excluding carboxylic acids is 3. The van der Waals surface area contributed by atoms with Crippen molar-refractivity contribution in [1.29, 1.82) is 0 Å². The van der Waals surface area contributed by atoms with Crippen LogP contribution in [0.5, 0.6) is 5.75 Å². The van der Waals surface area contributed by atoms with Crippen LogP contribution in [0.1, 0.15) is 49.0 Å². The van der Waals surface area contributed by atoms with Gasteiger partial charge in [0.1, 0.15) is 5.75 Å². The number of hydrogen-bond donors (Lipinski definition) is 3. The van der Waals surface area contributed by atoms with Crippen LogP contribution in [-0.2, 0) is 16.1 Å². The van der Waals surface area contributed by atoms with Gasteiger partial charge < -0.3 is 10.1 Å². The molecule has 3 amide bonds. The minimum Gasteiger partial charge on any atom is -0.493 e. The molecular formula is C23H28BrN3O4. The fourth-order valence-electron chi connectivity index (χ4n) is 2.58. The molecule has 0 heterocycles. The van der Waals surface area contributed by atoms with Gasteiger partial charge in [-0.15, -0.1) is 0 Å². The van der Waals surface area contributed by atoms with Crippen molar-refractivity contribution < 1.29 is 19.1 Å². The lowest BCUT2D eigenvalue weighted by Gasteiger charge is -2.13. The van der Waals surface area contributed by atoms with Crippen LogP contribution < -0.4 is 20.9 Å². The average Bonchev–Trinajstić information content (AvgIpc) is 2.76. The molecule has 0 aliphatic carbocycles. The van der Waals surface area contributed by atoms with Crippen molar-refractivity contribution in [2.75, 3.05) is 6.61 Å². The van der Waals surface area contributed by atoms with E-state index in [4.69, 9.17) is 4.74 Å². The second-order valence-electron chi connectivity index (χ2n) is 7.44. The van der Waals surface area contributed by atoms with Gasteiger partial charge in [-0.1, -0.05) is 60.1 Å². The first-order valence-electron chi connectivity index (χ1n) is 10.2. The highest BCUT2D eigenvalue weighted by Gasteiger charge is 2.15. The molecule has 2 rings (SSSR count). The first-order chi connectivity index (χ1) is 14.8. The van der Waals surface area contributed by atoms with Crippen LogP contribution in [0.4, 0.5) is 0 Å². The number of benzene rings is 2. The molecule has 31 heavy (non-hydrogen) atoms. The van der Waals surface area contributed by atoms with Crippen molar-refractivity contribution in [3.05, 3.63) is 64.1 Å². The first-order valence-corrected chi connectivity index (χ1v) is 11.0. The molecule has 0 spiro atoms. The lowest BCUT2D eigenvalue weighted by Crippen LogP contribution is -2.42. The molecule has 7 nitrogen and oxygen atoms in total. The highest BCUT2D eigenvalue weighted by atomic mass is 79.9. The largest absolute Gasteiger partial charge is 0.493 e. The number of nitrogens with one attached hydrogen (secondary N) is 3. The average molecular weight is 490 g/mol. The summed E-state index contributed by atoms with van der Waals surface area (Å²) in [5.41, 5.74) is 6.00. The highest BCUT2D eigenvalue weighted by Crippen LogP contribution is 2.23. The number of hydrazine groups is 1. The molecule has 0 radical (unpaired) electrons. The Kier molecular flexibility index (Phi) is 10.0. The van der Waals surface area contributed by atoms with Gasteiger partial charge in [0.2, 0.25) is 11.8 Å². The van der Waals surface area contributed by atoms with Crippen LogP contribution in [0.2, 0.25) is 0 Å². The number of hydrogen-bond acceptors (Lipinski definition) is 4. The van der Waals surface area contributed by atoms with E-state index in [2.05, 4.69) is 45.9 Å². The molecule has 3 N–H and O–H groups in total. The molecule has 0 unspecified atom stereocenters. The zero-order chi connectivity index (χ0) is 22.6. The second-order valence-corrected chi connectivity index (χ2v) is 8.35. The zero-order valence-electron chi connectivity index (χ0n) is 17.7. The van der Waals surface area contributed by atoms with E-state index < -0.39 is 11.8 Å². The van der Waals surface area contributed by atoms with Crippen LogP contribution in [-0.4, -0.2) is 24.3 Å². The SMILES string of the molecule is CC(C)CCOc1ccc(Br)cc1C(=O)NNC(=O)CCC(=O)NCc1ccccc1. The normalized spacial score (nSPS) is 10.5. The molecule has 166 valence electrons. The fourth-order valence-corrected chi connectivity index (χ4v) is 2.94. The van der Waals surface area contributed by atoms with Crippen molar-refractivity contribution in [3.63, 3.8) is 0 Å². The van der Waals surface area contributed by atoms with Crippen LogP contribution in [0.25, 0.3) is 0 Å². The quantitative estimate of drug-likeness (QED) is 0.443. The molecule has 2 aromatic rings. The predicted molar refractivity (Wildman–Crippen MR) is 122 cm³/mol. The maximum atomic E-state index is 12.5. The van der Waals surface area contributed by atoms with Crippen LogP contribution >= 0.6 is 15.9 Å². The van der Waals surface area contributed by atoms with Gasteiger partial charge in [0.25, 0.3) is 5.91 Å². The molecule has 0 atom stereocenters. The number of halogens is 1. The Morgan fingerprint density at radius 1 is 0.968 bits per heavy atom. The maximum absolute atomic E-state index is 12.5. The van der Waals surface area contributed by atoms with Gasteiger partial charge in [0.05, 0.1) is 12.2 Å². The summed E-state index contributed by atoms with van der Waals surface area (Å²) in [7, 11) is 0. The summed E-state index contributed by atoms with van der Waals surface area (Å²) in [5.74, 6) is -0.269. The third-order valence-corrected chi connectivity index (χ3v) is 4.86. The number of rotatable bonds is 10. The van der Waals surface area contributed by atoms with Crippen LogP contribution in [0, 0.1) is 5.92 Å². The Morgan fingerprint density at radius 2 is 1.68 bits per heavy atom. The van der Waals surface area contributed by atoms with E-state index in [0.29, 0.717) is 30.4 Å². The van der Waals surface area contributed by atoms with E-state index in [1.54, 1.807) is 18.2 Å². The Balaban J connectivity index is 1.77. The third-order valence-electron chi connectivity index (χ3n) is 4.37. The lowest BCUT2D eigenvalue weighted by molar-refractivity contribution is -0.126. The summed E-state index contributed by atoms with van der Waals surface area (Å²) in [6.45, 7) is 5.08. The summed E-state index contributed by atoms with van der Waals surface area (Å²) in [5, 5.41) is 2.76. The minimum absolute atomic E-state index is 0.0228. The Morgan fingerprint density at radius 3 is 2.39 bits per heavy atom. The van der Waals surface area contributed by atoms with Gasteiger partial charge >= 0.3 is 0 Å². The van der Waals surface area contributed by atoms with E-state index >= 15 is 0 Å². The monoisotopic (exact) mass is 489 g/mol. The van der Waals surface area contributed by atoms with E-state index in [-0.39, 0.29) is 18.7 Å². The molecule has 0 saturated heterocycles. The molecule has 0 fully saturated rings. The van der Waals surface area contributed by atoms with Crippen molar-refractivity contribution in [2.45, 2.75) is 39.7 Å². The van der Waals surface area contributed by atoms with Gasteiger partial charge in [-0.2, -0.15) is 0 Å². The molecule has 0 saturated carbocycles. The van der Waals surface area contributed by atoms with Gasteiger partial charge in [-0.05, 0) is 36.1 Å². The molecule has 0 bridgehead atoms. The zero-order valence-corrected chi connectivity index (χ0v) is 19.3. The van der Waals surface area contributed by atoms with Crippen molar-refractivity contribution >= 4 is 33.7 Å². The van der Waals surface area contributed by atoms with Gasteiger partial charge in [-0.3, -0.25) is 25.2 Å². The first kappa shape index (κ1) is 24.4. The summed E-state index contributed by atoms with van der Waals surface area (Å²) >= 11 is 3.34. The van der Waals surface area contributed by atoms with E-state index in [1.165, 1.54) is 0 Å². The second kappa shape index (κ2) is 12.7. The summed E-state index contributed by atoms with van der Waals surface area (Å²) in [6, 6.07) is 14.6. The molecule has 0 aromatic heterocycles. The smallest absolute Gasteiger partial charge is 0.273 e. The number of ether oxygens (including phenoxy) is 1. The van der Waals surface area contributed by atoms with Crippen molar-refractivity contribution in [2.24, 2.45) is 5.92 Å². The van der Waals surface area contributed by atoms with Crippen molar-refractivity contribution in [1.82, 2.24) is 16.2 Å². The Bertz CT molecular complexity index is 888. The summed E-state index contributed by atoms with van der Waals surface area (Å²) < 4.78 is 6.44. The van der Waals surface area contributed by atoms with Gasteiger partial charge in [-0.25, -0.2) is 0 Å². The lowest BCUT2D eigenvalue weighted by atomic mass is 10.1. The molecule has 0 aliphatic rings. The summed E-state index contributed by atoms with van der Waals surface area (Å²) in [6.07, 6.45) is 0.840. The van der Waals surface area contributed by atoms with Crippen LogP contribution in [0.15, 0.2) is 53.0 Å². The maximum Gasteiger partial charge on any atom is 0.273 e. The molecule has 0 aliphatic heterocycles. The Labute approximate surface area is 191 Å². The van der Waals surface area contributed by atoms with E-state index in [9.17, 15) is 14.4 Å². The number of carbonyl (C=O) groups is 3. The van der Waals surface area contributed by atoms with E-state index in [1.807, 2.05) is 30.3 Å². The molecular weight excluding hydrogens is 462 g/mol. The van der Waals surface area contributed by atoms with Gasteiger partial charge in [0, 0.05) is 23.9 Å². The molecule has 2 aromatic carbocycles. The summed E-state index contributed by atoms with van der Waals surface area (Å²) in [4.78, 5) is 36.4. The van der Waals surface area contributed by atoms with E-state index in [0.717, 1.165) is 16.5 Å². The molecule has 8 heteroatoms. The predicted octanol–water partition coefficient (Wildman–Crippen LogP) is 3.73. The van der Waals surface area contributed by atoms with Gasteiger partial charge in [0.15, 0.2) is 0 Å². The Hall–Kier alpha value is -2.87. The fraction of sp³-hybridized carbons (Fsp3) is 0.348. The third kappa shape index (κ3) is 9.21. The number of amides is 3. The minimum atomic E-state index is -0.497. The standard InChI is InChI=1S/C23H28BrN3O4/c1-16(2)12-13-31-20-9-8-18(24)14-19(20)23(30)27-26-22(29)11-10-21(28)25-15-17-6-4-3-5-7-17/h3-9,14,16H,10-13,15H2,1-2H3,(H,25,28)(H,26,29)(H,27,30). The highest BCUT2D eigenvalue weighted by molar-refractivity contribution is 9.10. The topological polar surface area (TPSA) is 96.5 Å².